The Balaban J connectivity index is 2.34. The molecule has 1 aliphatic heterocycles. The summed E-state index contributed by atoms with van der Waals surface area (Å²) < 4.78 is 0. The second-order valence-corrected chi connectivity index (χ2v) is 5.70. The SMILES string of the molecule is NC(c1c(O)cc(Cl)c(Cl)c1Cl)C1CCNCC1. The Bertz CT molecular complexity index is 447. The predicted molar refractivity (Wildman–Crippen MR) is 75.7 cm³/mol. The molecule has 1 aromatic rings. The average Bonchev–Trinajstić information content (AvgIpc) is 2.37. The molecule has 2 rings (SSSR count). The van der Waals surface area contributed by atoms with E-state index in [1.165, 1.54) is 6.07 Å². The molecule has 3 nitrogen and oxygen atoms in total. The van der Waals surface area contributed by atoms with Gasteiger partial charge in [-0.3, -0.25) is 0 Å². The number of piperidine rings is 1. The van der Waals surface area contributed by atoms with Crippen LogP contribution in [0.2, 0.25) is 15.1 Å². The van der Waals surface area contributed by atoms with Gasteiger partial charge in [0.05, 0.1) is 15.1 Å². The van der Waals surface area contributed by atoms with E-state index in [9.17, 15) is 5.11 Å². The zero-order valence-electron chi connectivity index (χ0n) is 9.72. The molecule has 6 heteroatoms. The number of halogens is 3. The molecule has 1 unspecified atom stereocenters. The number of nitrogens with two attached hydrogens (primary N) is 1. The second kappa shape index (κ2) is 5.85. The lowest BCUT2D eigenvalue weighted by Crippen LogP contribution is -2.34. The maximum Gasteiger partial charge on any atom is 0.123 e. The van der Waals surface area contributed by atoms with Crippen LogP contribution in [0.4, 0.5) is 0 Å². The van der Waals surface area contributed by atoms with Gasteiger partial charge in [0.25, 0.3) is 0 Å². The van der Waals surface area contributed by atoms with Crippen LogP contribution in [0.3, 0.4) is 0 Å². The van der Waals surface area contributed by atoms with Crippen LogP contribution in [0, 0.1) is 5.92 Å². The summed E-state index contributed by atoms with van der Waals surface area (Å²) in [4.78, 5) is 0. The van der Waals surface area contributed by atoms with Crippen LogP contribution in [0.1, 0.15) is 24.4 Å². The Morgan fingerprint density at radius 3 is 2.44 bits per heavy atom. The summed E-state index contributed by atoms with van der Waals surface area (Å²) in [5.74, 6) is 0.298. The van der Waals surface area contributed by atoms with Crippen molar-refractivity contribution in [1.29, 1.82) is 0 Å². The van der Waals surface area contributed by atoms with Crippen molar-refractivity contribution >= 4 is 34.8 Å². The van der Waals surface area contributed by atoms with E-state index < -0.39 is 0 Å². The number of benzene rings is 1. The first kappa shape index (κ1) is 14.2. The van der Waals surface area contributed by atoms with Gasteiger partial charge in [0.2, 0.25) is 0 Å². The number of hydrogen-bond donors (Lipinski definition) is 3. The molecule has 4 N–H and O–H groups in total. The first-order valence-electron chi connectivity index (χ1n) is 5.85. The molecule has 1 atom stereocenters. The van der Waals surface area contributed by atoms with Crippen molar-refractivity contribution in [2.75, 3.05) is 13.1 Å². The number of phenolic OH excluding ortho intramolecular Hbond substituents is 1. The molecule has 1 heterocycles. The van der Waals surface area contributed by atoms with Gasteiger partial charge < -0.3 is 16.2 Å². The summed E-state index contributed by atoms with van der Waals surface area (Å²) in [5.41, 5.74) is 6.71. The highest BCUT2D eigenvalue weighted by molar-refractivity contribution is 6.48. The largest absolute Gasteiger partial charge is 0.507 e. The Kier molecular flexibility index (Phi) is 4.62. The van der Waals surface area contributed by atoms with Gasteiger partial charge in [0.15, 0.2) is 0 Å². The molecule has 100 valence electrons. The zero-order valence-corrected chi connectivity index (χ0v) is 12.0. The summed E-state index contributed by atoms with van der Waals surface area (Å²) in [6.07, 6.45) is 1.91. The Morgan fingerprint density at radius 2 is 1.83 bits per heavy atom. The highest BCUT2D eigenvalue weighted by atomic mass is 35.5. The Labute approximate surface area is 121 Å². The molecule has 1 aliphatic rings. The third kappa shape index (κ3) is 2.70. The van der Waals surface area contributed by atoms with Gasteiger partial charge in [-0.25, -0.2) is 0 Å². The minimum Gasteiger partial charge on any atom is -0.507 e. The van der Waals surface area contributed by atoms with Gasteiger partial charge in [-0.1, -0.05) is 34.8 Å². The summed E-state index contributed by atoms with van der Waals surface area (Å²) in [6, 6.07) is 1.07. The number of nitrogens with one attached hydrogen (secondary N) is 1. The van der Waals surface area contributed by atoms with Crippen molar-refractivity contribution in [2.45, 2.75) is 18.9 Å². The lowest BCUT2D eigenvalue weighted by atomic mass is 9.86. The maximum atomic E-state index is 9.97. The van der Waals surface area contributed by atoms with Crippen LogP contribution >= 0.6 is 34.8 Å². The van der Waals surface area contributed by atoms with Crippen LogP contribution in [-0.2, 0) is 0 Å². The van der Waals surface area contributed by atoms with Crippen LogP contribution in [0.5, 0.6) is 5.75 Å². The summed E-state index contributed by atoms with van der Waals surface area (Å²) in [7, 11) is 0. The monoisotopic (exact) mass is 308 g/mol. The van der Waals surface area contributed by atoms with Crippen LogP contribution in [-0.4, -0.2) is 18.2 Å². The first-order chi connectivity index (χ1) is 8.52. The maximum absolute atomic E-state index is 9.97. The molecule has 0 aliphatic carbocycles. The lowest BCUT2D eigenvalue weighted by Gasteiger charge is -2.29. The van der Waals surface area contributed by atoms with Crippen molar-refractivity contribution in [1.82, 2.24) is 5.32 Å². The van der Waals surface area contributed by atoms with E-state index in [1.54, 1.807) is 0 Å². The molecular formula is C12H15Cl3N2O. The fraction of sp³-hybridized carbons (Fsp3) is 0.500. The van der Waals surface area contributed by atoms with Crippen LogP contribution in [0.25, 0.3) is 0 Å². The van der Waals surface area contributed by atoms with Crippen LogP contribution < -0.4 is 11.1 Å². The zero-order chi connectivity index (χ0) is 13.3. The van der Waals surface area contributed by atoms with Gasteiger partial charge in [0.1, 0.15) is 5.75 Å². The van der Waals surface area contributed by atoms with Crippen molar-refractivity contribution in [3.05, 3.63) is 26.7 Å². The van der Waals surface area contributed by atoms with Crippen molar-refractivity contribution in [3.63, 3.8) is 0 Å². The molecular weight excluding hydrogens is 295 g/mol. The number of rotatable bonds is 2. The molecule has 1 aromatic carbocycles. The number of aromatic hydroxyl groups is 1. The average molecular weight is 310 g/mol. The topological polar surface area (TPSA) is 58.3 Å². The van der Waals surface area contributed by atoms with E-state index in [0.717, 1.165) is 25.9 Å². The normalized spacial score (nSPS) is 18.9. The minimum atomic E-state index is -0.325. The van der Waals surface area contributed by atoms with Crippen molar-refractivity contribution in [2.24, 2.45) is 11.7 Å². The highest BCUT2D eigenvalue weighted by Gasteiger charge is 2.27. The van der Waals surface area contributed by atoms with Crippen molar-refractivity contribution in [3.8, 4) is 5.75 Å². The smallest absolute Gasteiger partial charge is 0.123 e. The molecule has 0 amide bonds. The fourth-order valence-corrected chi connectivity index (χ4v) is 3.08. The van der Waals surface area contributed by atoms with E-state index in [1.807, 2.05) is 0 Å². The first-order valence-corrected chi connectivity index (χ1v) is 6.98. The predicted octanol–water partition coefficient (Wildman–Crippen LogP) is 3.35. The Hall–Kier alpha value is -0.190. The van der Waals surface area contributed by atoms with E-state index >= 15 is 0 Å². The van der Waals surface area contributed by atoms with Gasteiger partial charge in [-0.05, 0) is 31.8 Å². The molecule has 18 heavy (non-hydrogen) atoms. The lowest BCUT2D eigenvalue weighted by molar-refractivity contribution is 0.316. The van der Waals surface area contributed by atoms with E-state index in [2.05, 4.69) is 5.32 Å². The third-order valence-corrected chi connectivity index (χ3v) is 4.68. The van der Waals surface area contributed by atoms with Gasteiger partial charge in [0, 0.05) is 17.7 Å². The molecule has 0 bridgehead atoms. The molecule has 0 aromatic heterocycles. The molecule has 0 saturated carbocycles. The van der Waals surface area contributed by atoms with E-state index in [-0.39, 0.29) is 32.8 Å². The van der Waals surface area contributed by atoms with Gasteiger partial charge in [-0.2, -0.15) is 0 Å². The van der Waals surface area contributed by atoms with E-state index in [4.69, 9.17) is 40.5 Å². The standard InChI is InChI=1S/C12H15Cl3N2O/c13-7-5-8(18)9(11(15)10(7)14)12(16)6-1-3-17-4-2-6/h5-6,12,17-18H,1-4,16H2. The minimum absolute atomic E-state index is 0.0143. The van der Waals surface area contributed by atoms with Crippen LogP contribution in [0.15, 0.2) is 6.07 Å². The molecule has 1 fully saturated rings. The van der Waals surface area contributed by atoms with Crippen molar-refractivity contribution < 1.29 is 5.11 Å². The number of phenols is 1. The molecule has 0 spiro atoms. The second-order valence-electron chi connectivity index (χ2n) is 4.53. The quantitative estimate of drug-likeness (QED) is 0.734. The number of hydrogen-bond acceptors (Lipinski definition) is 3. The summed E-state index contributed by atoms with van der Waals surface area (Å²) in [6.45, 7) is 1.86. The molecule has 0 radical (unpaired) electrons. The Morgan fingerprint density at radius 1 is 1.22 bits per heavy atom. The summed E-state index contributed by atoms with van der Waals surface area (Å²) in [5, 5.41) is 14.0. The van der Waals surface area contributed by atoms with E-state index in [0.29, 0.717) is 5.56 Å². The molecule has 1 saturated heterocycles. The highest BCUT2D eigenvalue weighted by Crippen LogP contribution is 2.43. The third-order valence-electron chi connectivity index (χ3n) is 3.40. The van der Waals surface area contributed by atoms with Gasteiger partial charge >= 0.3 is 0 Å². The summed E-state index contributed by atoms with van der Waals surface area (Å²) >= 11 is 18.0. The van der Waals surface area contributed by atoms with Gasteiger partial charge in [-0.15, -0.1) is 0 Å². The fourth-order valence-electron chi connectivity index (χ4n) is 2.35.